The number of fused-ring (bicyclic) bond motifs is 1. The van der Waals surface area contributed by atoms with Gasteiger partial charge in [0.1, 0.15) is 16.5 Å². The highest BCUT2D eigenvalue weighted by molar-refractivity contribution is 7.89. The number of hydrogen-bond acceptors (Lipinski definition) is 4. The van der Waals surface area contributed by atoms with Gasteiger partial charge in [-0.3, -0.25) is 0 Å². The lowest BCUT2D eigenvalue weighted by molar-refractivity contribution is 0.401. The van der Waals surface area contributed by atoms with Crippen molar-refractivity contribution < 1.29 is 13.2 Å². The Morgan fingerprint density at radius 2 is 1.81 bits per heavy atom. The molecule has 2 aromatic carbocycles. The molecule has 1 N–H and O–H groups in total. The fourth-order valence-corrected chi connectivity index (χ4v) is 4.44. The van der Waals surface area contributed by atoms with E-state index in [2.05, 4.69) is 14.3 Å². The summed E-state index contributed by atoms with van der Waals surface area (Å²) in [5, 5.41) is 0. The topological polar surface area (TPSA) is 73.2 Å². The molecule has 7 heteroatoms. The van der Waals surface area contributed by atoms with Crippen molar-refractivity contribution in [2.75, 3.05) is 13.7 Å². The minimum atomic E-state index is -3.64. The number of sulfonamides is 1. The van der Waals surface area contributed by atoms with E-state index in [1.807, 2.05) is 45.0 Å². The van der Waals surface area contributed by atoms with Gasteiger partial charge in [0.2, 0.25) is 10.0 Å². The molecule has 1 aromatic heterocycles. The second kappa shape index (κ2) is 7.70. The van der Waals surface area contributed by atoms with Gasteiger partial charge < -0.3 is 9.30 Å². The predicted octanol–water partition coefficient (Wildman–Crippen LogP) is 3.34. The van der Waals surface area contributed by atoms with E-state index in [-0.39, 0.29) is 4.90 Å². The van der Waals surface area contributed by atoms with Crippen LogP contribution in [0.2, 0.25) is 0 Å². The highest BCUT2D eigenvalue weighted by Crippen LogP contribution is 2.27. The fraction of sp³-hybridized carbons (Fsp3) is 0.350. The van der Waals surface area contributed by atoms with E-state index in [4.69, 9.17) is 4.74 Å². The van der Waals surface area contributed by atoms with Gasteiger partial charge >= 0.3 is 0 Å². The molecule has 0 bridgehead atoms. The van der Waals surface area contributed by atoms with Crippen molar-refractivity contribution in [3.05, 3.63) is 53.3 Å². The SMILES string of the molecule is COc1cc(C)c(C)cc1S(=O)(=O)NCCCn1c(C)nc2ccccc21. The summed E-state index contributed by atoms with van der Waals surface area (Å²) in [6.07, 6.45) is 0.660. The molecule has 0 aliphatic heterocycles. The van der Waals surface area contributed by atoms with E-state index < -0.39 is 10.0 Å². The number of para-hydroxylation sites is 2. The van der Waals surface area contributed by atoms with Crippen molar-refractivity contribution in [3.63, 3.8) is 0 Å². The highest BCUT2D eigenvalue weighted by atomic mass is 32.2. The quantitative estimate of drug-likeness (QED) is 0.631. The van der Waals surface area contributed by atoms with Crippen LogP contribution in [0, 0.1) is 20.8 Å². The Hall–Kier alpha value is -2.38. The summed E-state index contributed by atoms with van der Waals surface area (Å²) < 4.78 is 35.5. The van der Waals surface area contributed by atoms with E-state index in [9.17, 15) is 8.42 Å². The number of nitrogens with zero attached hydrogens (tertiary/aromatic N) is 2. The van der Waals surface area contributed by atoms with Crippen LogP contribution < -0.4 is 9.46 Å². The maximum absolute atomic E-state index is 12.7. The summed E-state index contributed by atoms with van der Waals surface area (Å²) >= 11 is 0. The van der Waals surface area contributed by atoms with E-state index in [0.29, 0.717) is 25.3 Å². The lowest BCUT2D eigenvalue weighted by atomic mass is 10.1. The van der Waals surface area contributed by atoms with Crippen molar-refractivity contribution in [1.82, 2.24) is 14.3 Å². The molecule has 27 heavy (non-hydrogen) atoms. The zero-order valence-electron chi connectivity index (χ0n) is 16.1. The lowest BCUT2D eigenvalue weighted by Gasteiger charge is -2.13. The molecule has 0 aliphatic carbocycles. The average molecular weight is 388 g/mol. The van der Waals surface area contributed by atoms with Crippen LogP contribution in [-0.2, 0) is 16.6 Å². The number of aryl methyl sites for hydroxylation is 4. The molecule has 0 spiro atoms. The molecule has 0 saturated heterocycles. The number of imidazole rings is 1. The highest BCUT2D eigenvalue weighted by Gasteiger charge is 2.20. The number of aromatic nitrogens is 2. The molecule has 6 nitrogen and oxygen atoms in total. The Labute approximate surface area is 160 Å². The summed E-state index contributed by atoms with van der Waals surface area (Å²) in [4.78, 5) is 4.71. The molecule has 144 valence electrons. The Bertz CT molecular complexity index is 1070. The minimum absolute atomic E-state index is 0.178. The molecule has 3 aromatic rings. The zero-order chi connectivity index (χ0) is 19.6. The molecule has 0 unspecified atom stereocenters. The second-order valence-electron chi connectivity index (χ2n) is 6.64. The third-order valence-electron chi connectivity index (χ3n) is 4.77. The first kappa shape index (κ1) is 19.4. The largest absolute Gasteiger partial charge is 0.495 e. The molecule has 0 radical (unpaired) electrons. The van der Waals surface area contributed by atoms with Crippen LogP contribution in [0.4, 0.5) is 0 Å². The van der Waals surface area contributed by atoms with Crippen LogP contribution in [0.15, 0.2) is 41.3 Å². The van der Waals surface area contributed by atoms with E-state index in [1.54, 1.807) is 12.1 Å². The summed E-state index contributed by atoms with van der Waals surface area (Å²) in [5.74, 6) is 1.29. The van der Waals surface area contributed by atoms with Crippen LogP contribution in [0.25, 0.3) is 11.0 Å². The number of nitrogens with one attached hydrogen (secondary N) is 1. The second-order valence-corrected chi connectivity index (χ2v) is 8.37. The van der Waals surface area contributed by atoms with Crippen molar-refractivity contribution >= 4 is 21.1 Å². The number of rotatable bonds is 7. The van der Waals surface area contributed by atoms with Gasteiger partial charge in [-0.05, 0) is 62.6 Å². The van der Waals surface area contributed by atoms with Crippen LogP contribution in [0.1, 0.15) is 23.4 Å². The van der Waals surface area contributed by atoms with Crippen LogP contribution in [-0.4, -0.2) is 31.6 Å². The zero-order valence-corrected chi connectivity index (χ0v) is 16.9. The third kappa shape index (κ3) is 3.99. The Morgan fingerprint density at radius 1 is 1.11 bits per heavy atom. The maximum Gasteiger partial charge on any atom is 0.244 e. The van der Waals surface area contributed by atoms with Crippen LogP contribution in [0.5, 0.6) is 5.75 Å². The first-order chi connectivity index (χ1) is 12.8. The molecule has 0 fully saturated rings. The molecule has 0 atom stereocenters. The van der Waals surface area contributed by atoms with E-state index in [0.717, 1.165) is 28.0 Å². The van der Waals surface area contributed by atoms with Crippen LogP contribution in [0.3, 0.4) is 0 Å². The molecule has 3 rings (SSSR count). The van der Waals surface area contributed by atoms with Gasteiger partial charge in [0.05, 0.1) is 18.1 Å². The predicted molar refractivity (Wildman–Crippen MR) is 107 cm³/mol. The minimum Gasteiger partial charge on any atom is -0.495 e. The molecule has 0 amide bonds. The van der Waals surface area contributed by atoms with Gasteiger partial charge in [0.15, 0.2) is 0 Å². The van der Waals surface area contributed by atoms with Gasteiger partial charge in [0.25, 0.3) is 0 Å². The summed E-state index contributed by atoms with van der Waals surface area (Å²) in [6.45, 7) is 6.81. The monoisotopic (exact) mass is 387 g/mol. The van der Waals surface area contributed by atoms with Crippen LogP contribution >= 0.6 is 0 Å². The lowest BCUT2D eigenvalue weighted by Crippen LogP contribution is -2.26. The molecule has 1 heterocycles. The summed E-state index contributed by atoms with van der Waals surface area (Å²) in [5.41, 5.74) is 3.93. The number of ether oxygens (including phenoxy) is 1. The van der Waals surface area contributed by atoms with Gasteiger partial charge in [0, 0.05) is 13.1 Å². The first-order valence-electron chi connectivity index (χ1n) is 8.90. The molecule has 0 saturated carbocycles. The summed E-state index contributed by atoms with van der Waals surface area (Å²) in [6, 6.07) is 11.4. The molecule has 0 aliphatic rings. The van der Waals surface area contributed by atoms with Crippen molar-refractivity contribution in [1.29, 1.82) is 0 Å². The van der Waals surface area contributed by atoms with Gasteiger partial charge in [-0.1, -0.05) is 12.1 Å². The van der Waals surface area contributed by atoms with E-state index >= 15 is 0 Å². The average Bonchev–Trinajstić information content (AvgIpc) is 2.96. The standard InChI is InChI=1S/C20H25N3O3S/c1-14-12-19(26-4)20(13-15(14)2)27(24,25)21-10-7-11-23-16(3)22-17-8-5-6-9-18(17)23/h5-6,8-9,12-13,21H,7,10-11H2,1-4H3. The van der Waals surface area contributed by atoms with Crippen molar-refractivity contribution in [3.8, 4) is 5.75 Å². The Kier molecular flexibility index (Phi) is 5.53. The summed E-state index contributed by atoms with van der Waals surface area (Å²) in [7, 11) is -2.15. The Balaban J connectivity index is 1.70. The van der Waals surface area contributed by atoms with Gasteiger partial charge in [-0.15, -0.1) is 0 Å². The van der Waals surface area contributed by atoms with Gasteiger partial charge in [-0.25, -0.2) is 18.1 Å². The number of benzene rings is 2. The van der Waals surface area contributed by atoms with E-state index in [1.165, 1.54) is 7.11 Å². The molecular formula is C20H25N3O3S. The Morgan fingerprint density at radius 3 is 2.56 bits per heavy atom. The van der Waals surface area contributed by atoms with Crippen molar-refractivity contribution in [2.24, 2.45) is 0 Å². The normalized spacial score (nSPS) is 11.9. The third-order valence-corrected chi connectivity index (χ3v) is 6.25. The smallest absolute Gasteiger partial charge is 0.244 e. The maximum atomic E-state index is 12.7. The first-order valence-corrected chi connectivity index (χ1v) is 10.4. The van der Waals surface area contributed by atoms with Gasteiger partial charge in [-0.2, -0.15) is 0 Å². The van der Waals surface area contributed by atoms with Crippen molar-refractivity contribution in [2.45, 2.75) is 38.6 Å². The number of hydrogen-bond donors (Lipinski definition) is 1. The molecular weight excluding hydrogens is 362 g/mol. The fourth-order valence-electron chi connectivity index (χ4n) is 3.13. The number of methoxy groups -OCH3 is 1.